The number of rotatable bonds is 2. The van der Waals surface area contributed by atoms with Crippen LogP contribution in [0.4, 0.5) is 0 Å². The molecule has 110 valence electrons. The average Bonchev–Trinajstić information content (AvgIpc) is 2.95. The maximum Gasteiger partial charge on any atom is 0.0352 e. The second kappa shape index (κ2) is 5.67. The molecule has 0 amide bonds. The van der Waals surface area contributed by atoms with Gasteiger partial charge in [-0.1, -0.05) is 82.1 Å². The van der Waals surface area contributed by atoms with Crippen molar-refractivity contribution >= 4 is 0 Å². The molecule has 0 atom stereocenters. The predicted molar refractivity (Wildman–Crippen MR) is 91.8 cm³/mol. The fraction of sp³-hybridized carbons (Fsp3) is 0.429. The molecule has 0 aromatic heterocycles. The largest absolute Gasteiger partial charge is 0.0581 e. The second-order valence-corrected chi connectivity index (χ2v) is 7.22. The molecule has 0 saturated heterocycles. The first kappa shape index (κ1) is 13.1. The van der Waals surface area contributed by atoms with E-state index < -0.39 is 0 Å². The highest BCUT2D eigenvalue weighted by Gasteiger charge is 2.17. The van der Waals surface area contributed by atoms with E-state index in [2.05, 4.69) is 69.3 Å². The Bertz CT molecular complexity index is 623. The van der Waals surface area contributed by atoms with E-state index in [-0.39, 0.29) is 11.3 Å². The lowest BCUT2D eigenvalue weighted by molar-refractivity contribution is 0.590. The molecular weight excluding hydrogens is 252 g/mol. The Morgan fingerprint density at radius 3 is 1.76 bits per heavy atom. The fourth-order valence-electron chi connectivity index (χ4n) is 3.15. The van der Waals surface area contributed by atoms with Crippen molar-refractivity contribution in [3.8, 4) is 11.1 Å². The highest BCUT2D eigenvalue weighted by Crippen LogP contribution is 2.35. The molecule has 1 saturated carbocycles. The van der Waals surface area contributed by atoms with Crippen LogP contribution in [-0.2, 0) is 5.41 Å². The molecule has 0 aliphatic heterocycles. The van der Waals surface area contributed by atoms with E-state index in [4.69, 9.17) is 1.37 Å². The monoisotopic (exact) mass is 279 g/mol. The molecule has 0 radical (unpaired) electrons. The lowest BCUT2D eigenvalue weighted by Crippen LogP contribution is -2.10. The summed E-state index contributed by atoms with van der Waals surface area (Å²) in [5.74, 6) is -0.339. The standard InChI is InChI=1S/C21H26/c1-21(2,3)20-14-12-19(13-15-20)18-10-8-17(9-11-18)16-6-4-5-7-16/h8-16H,4-7H2,1-3H3/i16D. The molecule has 1 aliphatic rings. The molecule has 0 spiro atoms. The van der Waals surface area contributed by atoms with Gasteiger partial charge in [-0.25, -0.2) is 0 Å². The molecule has 2 aromatic rings. The van der Waals surface area contributed by atoms with Crippen LogP contribution in [0.15, 0.2) is 48.5 Å². The maximum atomic E-state index is 8.59. The van der Waals surface area contributed by atoms with Crippen LogP contribution < -0.4 is 0 Å². The number of benzene rings is 2. The zero-order chi connectivity index (χ0) is 15.8. The maximum absolute atomic E-state index is 8.59. The van der Waals surface area contributed by atoms with Gasteiger partial charge < -0.3 is 0 Å². The number of hydrogen-bond donors (Lipinski definition) is 0. The fourth-order valence-corrected chi connectivity index (χ4v) is 3.15. The van der Waals surface area contributed by atoms with Crippen LogP contribution >= 0.6 is 0 Å². The van der Waals surface area contributed by atoms with Crippen molar-refractivity contribution in [1.29, 1.82) is 0 Å². The van der Waals surface area contributed by atoms with Crippen molar-refractivity contribution in [2.24, 2.45) is 0 Å². The van der Waals surface area contributed by atoms with Crippen molar-refractivity contribution in [2.45, 2.75) is 57.8 Å². The Morgan fingerprint density at radius 2 is 1.29 bits per heavy atom. The van der Waals surface area contributed by atoms with E-state index in [1.807, 2.05) is 0 Å². The normalized spacial score (nSPS) is 18.5. The topological polar surface area (TPSA) is 0 Å². The van der Waals surface area contributed by atoms with Gasteiger partial charge in [-0.2, -0.15) is 0 Å². The molecule has 0 nitrogen and oxygen atoms in total. The summed E-state index contributed by atoms with van der Waals surface area (Å²) in [5, 5.41) is 0. The van der Waals surface area contributed by atoms with E-state index in [1.165, 1.54) is 35.1 Å². The Balaban J connectivity index is 1.84. The zero-order valence-electron chi connectivity index (χ0n) is 14.4. The van der Waals surface area contributed by atoms with Gasteiger partial charge in [0.2, 0.25) is 0 Å². The van der Waals surface area contributed by atoms with Gasteiger partial charge in [0.15, 0.2) is 0 Å². The predicted octanol–water partition coefficient (Wildman–Crippen LogP) is 6.31. The lowest BCUT2D eigenvalue weighted by atomic mass is 9.86. The number of hydrogen-bond acceptors (Lipinski definition) is 0. The summed E-state index contributed by atoms with van der Waals surface area (Å²) in [6, 6.07) is 17.5. The highest BCUT2D eigenvalue weighted by molar-refractivity contribution is 5.64. The third-order valence-corrected chi connectivity index (χ3v) is 4.58. The van der Waals surface area contributed by atoms with Crippen LogP contribution in [0.1, 0.15) is 64.8 Å². The molecule has 21 heavy (non-hydrogen) atoms. The summed E-state index contributed by atoms with van der Waals surface area (Å²) in [4.78, 5) is 0. The third kappa shape index (κ3) is 3.20. The van der Waals surface area contributed by atoms with Crippen LogP contribution in [0.2, 0.25) is 0 Å². The minimum Gasteiger partial charge on any atom is -0.0581 e. The molecule has 0 heterocycles. The minimum absolute atomic E-state index is 0.197. The van der Waals surface area contributed by atoms with E-state index in [9.17, 15) is 0 Å². The quantitative estimate of drug-likeness (QED) is 0.604. The van der Waals surface area contributed by atoms with Crippen molar-refractivity contribution < 1.29 is 1.37 Å². The van der Waals surface area contributed by atoms with Gasteiger partial charge in [0.05, 0.1) is 0 Å². The van der Waals surface area contributed by atoms with Crippen LogP contribution in [0, 0.1) is 0 Å². The first-order chi connectivity index (χ1) is 10.4. The van der Waals surface area contributed by atoms with Crippen molar-refractivity contribution in [3.63, 3.8) is 0 Å². The summed E-state index contributed by atoms with van der Waals surface area (Å²) in [6.45, 7) is 6.73. The first-order valence-corrected chi connectivity index (χ1v) is 8.10. The lowest BCUT2D eigenvalue weighted by Gasteiger charge is -2.19. The summed E-state index contributed by atoms with van der Waals surface area (Å²) >= 11 is 0. The Hall–Kier alpha value is -1.56. The summed E-state index contributed by atoms with van der Waals surface area (Å²) in [5.41, 5.74) is 5.24. The molecule has 2 aromatic carbocycles. The summed E-state index contributed by atoms with van der Waals surface area (Å²) in [7, 11) is 0. The van der Waals surface area contributed by atoms with Gasteiger partial charge >= 0.3 is 0 Å². The average molecular weight is 279 g/mol. The molecule has 1 fully saturated rings. The van der Waals surface area contributed by atoms with Gasteiger partial charge in [0, 0.05) is 1.37 Å². The van der Waals surface area contributed by atoms with E-state index in [1.54, 1.807) is 0 Å². The molecule has 0 N–H and O–H groups in total. The second-order valence-electron chi connectivity index (χ2n) is 7.22. The van der Waals surface area contributed by atoms with Gasteiger partial charge in [0.25, 0.3) is 0 Å². The molecule has 0 bridgehead atoms. The van der Waals surface area contributed by atoms with Gasteiger partial charge in [-0.15, -0.1) is 0 Å². The summed E-state index contributed by atoms with van der Waals surface area (Å²) < 4.78 is 8.59. The Labute approximate surface area is 130 Å². The molecular formula is C21H26. The molecule has 0 unspecified atom stereocenters. The van der Waals surface area contributed by atoms with Gasteiger partial charge in [-0.05, 0) is 46.4 Å². The van der Waals surface area contributed by atoms with Crippen LogP contribution in [0.25, 0.3) is 11.1 Å². The van der Waals surface area contributed by atoms with Crippen molar-refractivity contribution in [3.05, 3.63) is 59.7 Å². The summed E-state index contributed by atoms with van der Waals surface area (Å²) in [6.07, 6.45) is 4.40. The van der Waals surface area contributed by atoms with Gasteiger partial charge in [-0.3, -0.25) is 0 Å². The zero-order valence-corrected chi connectivity index (χ0v) is 13.4. The molecule has 1 aliphatic carbocycles. The molecule has 3 rings (SSSR count). The third-order valence-electron chi connectivity index (χ3n) is 4.58. The highest BCUT2D eigenvalue weighted by atomic mass is 14.2. The SMILES string of the molecule is [2H]C1(c2ccc(-c3ccc(C(C)(C)C)cc3)cc2)CCCC1. The van der Waals surface area contributed by atoms with E-state index >= 15 is 0 Å². The Morgan fingerprint density at radius 1 is 0.810 bits per heavy atom. The minimum atomic E-state index is -0.339. The van der Waals surface area contributed by atoms with E-state index in [0.717, 1.165) is 12.8 Å². The Kier molecular flexibility index (Phi) is 3.55. The smallest absolute Gasteiger partial charge is 0.0352 e. The van der Waals surface area contributed by atoms with Crippen molar-refractivity contribution in [1.82, 2.24) is 0 Å². The van der Waals surface area contributed by atoms with Crippen LogP contribution in [0.5, 0.6) is 0 Å². The van der Waals surface area contributed by atoms with Crippen molar-refractivity contribution in [2.75, 3.05) is 0 Å². The van der Waals surface area contributed by atoms with Gasteiger partial charge in [0.1, 0.15) is 0 Å². The van der Waals surface area contributed by atoms with Crippen LogP contribution in [0.3, 0.4) is 0 Å². The van der Waals surface area contributed by atoms with Crippen LogP contribution in [-0.4, -0.2) is 0 Å². The molecule has 0 heteroatoms. The van der Waals surface area contributed by atoms with E-state index in [0.29, 0.717) is 0 Å². The first-order valence-electron chi connectivity index (χ1n) is 8.60.